The van der Waals surface area contributed by atoms with E-state index in [0.29, 0.717) is 24.9 Å². The average molecular weight is 556 g/mol. The van der Waals surface area contributed by atoms with Crippen LogP contribution >= 0.6 is 23.5 Å². The van der Waals surface area contributed by atoms with Gasteiger partial charge >= 0.3 is 5.97 Å². The Labute approximate surface area is 231 Å². The number of hydrogen-bond donors (Lipinski definition) is 1. The Hall–Kier alpha value is -2.82. The van der Waals surface area contributed by atoms with Crippen LogP contribution in [0.25, 0.3) is 0 Å². The predicted octanol–water partition coefficient (Wildman–Crippen LogP) is 2.48. The number of amides is 2. The number of Topliss-reactive ketones (excluding diaryl/α,β-unsaturated/α-hetero) is 1. The van der Waals surface area contributed by atoms with Crippen molar-refractivity contribution in [3.05, 3.63) is 71.8 Å². The highest BCUT2D eigenvalue weighted by molar-refractivity contribution is 8.21. The summed E-state index contributed by atoms with van der Waals surface area (Å²) in [4.78, 5) is 55.3. The molecule has 0 aliphatic carbocycles. The number of carbonyl (C=O) groups excluding carboxylic acids is 4. The van der Waals surface area contributed by atoms with Crippen molar-refractivity contribution in [3.8, 4) is 0 Å². The smallest absolute Gasteiger partial charge is 0.328 e. The van der Waals surface area contributed by atoms with Crippen LogP contribution in [0.1, 0.15) is 22.3 Å². The second-order valence-corrected chi connectivity index (χ2v) is 12.8. The van der Waals surface area contributed by atoms with Crippen molar-refractivity contribution in [1.82, 2.24) is 15.1 Å². The van der Waals surface area contributed by atoms with Gasteiger partial charge in [-0.15, -0.1) is 23.5 Å². The fraction of sp³-hybridized carbons (Fsp3) is 0.429. The number of nitrogens with zero attached hydrogens (tertiary/aromatic N) is 2. The van der Waals surface area contributed by atoms with Crippen molar-refractivity contribution < 1.29 is 23.9 Å². The highest BCUT2D eigenvalue weighted by Gasteiger charge is 2.51. The molecule has 8 nitrogen and oxygen atoms in total. The second-order valence-electron chi connectivity index (χ2n) is 9.59. The number of esters is 1. The van der Waals surface area contributed by atoms with Gasteiger partial charge in [0.25, 0.3) is 5.91 Å². The molecule has 38 heavy (non-hydrogen) atoms. The molecule has 2 fully saturated rings. The average Bonchev–Trinajstić information content (AvgIpc) is 3.55. The summed E-state index contributed by atoms with van der Waals surface area (Å²) < 4.78 is 4.81. The van der Waals surface area contributed by atoms with E-state index in [1.165, 1.54) is 7.11 Å². The first kappa shape index (κ1) is 28.2. The molecule has 0 radical (unpaired) electrons. The third kappa shape index (κ3) is 6.98. The molecule has 10 heteroatoms. The lowest BCUT2D eigenvalue weighted by Gasteiger charge is -2.27. The molecule has 2 aliphatic heterocycles. The van der Waals surface area contributed by atoms with Crippen molar-refractivity contribution in [2.24, 2.45) is 0 Å². The highest BCUT2D eigenvalue weighted by atomic mass is 32.2. The molecule has 2 atom stereocenters. The molecule has 4 rings (SSSR count). The van der Waals surface area contributed by atoms with Crippen LogP contribution < -0.4 is 5.32 Å². The molecule has 2 aromatic rings. The largest absolute Gasteiger partial charge is 0.467 e. The first-order chi connectivity index (χ1) is 18.3. The fourth-order valence-corrected chi connectivity index (χ4v) is 8.09. The molecule has 1 spiro atoms. The van der Waals surface area contributed by atoms with Crippen molar-refractivity contribution in [1.29, 1.82) is 0 Å². The Morgan fingerprint density at radius 3 is 2.29 bits per heavy atom. The Balaban J connectivity index is 1.41. The van der Waals surface area contributed by atoms with Crippen LogP contribution in [0.2, 0.25) is 0 Å². The zero-order chi connectivity index (χ0) is 27.1. The van der Waals surface area contributed by atoms with Crippen molar-refractivity contribution in [2.75, 3.05) is 45.3 Å². The van der Waals surface area contributed by atoms with Gasteiger partial charge in [0, 0.05) is 30.0 Å². The van der Waals surface area contributed by atoms with Crippen LogP contribution in [0.5, 0.6) is 0 Å². The van der Waals surface area contributed by atoms with Gasteiger partial charge in [-0.3, -0.25) is 19.3 Å². The lowest BCUT2D eigenvalue weighted by atomic mass is 10.0. The van der Waals surface area contributed by atoms with Gasteiger partial charge in [0.2, 0.25) is 5.91 Å². The summed E-state index contributed by atoms with van der Waals surface area (Å²) in [7, 11) is 3.04. The van der Waals surface area contributed by atoms with E-state index in [0.717, 1.165) is 17.1 Å². The van der Waals surface area contributed by atoms with Gasteiger partial charge in [0.15, 0.2) is 5.78 Å². The number of carbonyl (C=O) groups is 4. The molecule has 0 bridgehead atoms. The molecule has 2 aromatic carbocycles. The van der Waals surface area contributed by atoms with Gasteiger partial charge in [-0.05, 0) is 31.2 Å². The monoisotopic (exact) mass is 555 g/mol. The number of methoxy groups -OCH3 is 1. The van der Waals surface area contributed by atoms with Crippen LogP contribution in [0.3, 0.4) is 0 Å². The maximum atomic E-state index is 13.4. The van der Waals surface area contributed by atoms with Gasteiger partial charge in [-0.25, -0.2) is 4.79 Å². The topological polar surface area (TPSA) is 96.0 Å². The summed E-state index contributed by atoms with van der Waals surface area (Å²) in [6.45, 7) is 0.436. The quantitative estimate of drug-likeness (QED) is 0.447. The summed E-state index contributed by atoms with van der Waals surface area (Å²) in [6, 6.07) is 16.9. The molecule has 1 N–H and O–H groups in total. The number of benzene rings is 2. The van der Waals surface area contributed by atoms with E-state index >= 15 is 0 Å². The number of likely N-dealkylation sites (N-methyl/N-ethyl adjacent to an activating group) is 1. The van der Waals surface area contributed by atoms with Gasteiger partial charge < -0.3 is 15.0 Å². The minimum absolute atomic E-state index is 0.0185. The van der Waals surface area contributed by atoms with E-state index in [-0.39, 0.29) is 34.8 Å². The SMILES string of the molecule is COC(=O)[C@@H]1CC2(CN1C(=O)CN(C)CC(=O)C(Cc1ccccc1)NC(=O)c1ccccc1)SCCS2. The number of nitrogens with one attached hydrogen (secondary N) is 1. The molecule has 2 heterocycles. The summed E-state index contributed by atoms with van der Waals surface area (Å²) in [5.41, 5.74) is 1.40. The number of hydrogen-bond acceptors (Lipinski definition) is 8. The first-order valence-electron chi connectivity index (χ1n) is 12.6. The van der Waals surface area contributed by atoms with Gasteiger partial charge in [0.1, 0.15) is 6.04 Å². The minimum Gasteiger partial charge on any atom is -0.467 e. The molecular formula is C28H33N3O5S2. The Morgan fingerprint density at radius 2 is 1.66 bits per heavy atom. The summed E-state index contributed by atoms with van der Waals surface area (Å²) >= 11 is 3.59. The molecular weight excluding hydrogens is 522 g/mol. The number of ketones is 1. The van der Waals surface area contributed by atoms with Gasteiger partial charge in [-0.1, -0.05) is 48.5 Å². The van der Waals surface area contributed by atoms with Crippen molar-refractivity contribution in [3.63, 3.8) is 0 Å². The molecule has 2 saturated heterocycles. The molecule has 0 saturated carbocycles. The number of thioether (sulfide) groups is 2. The minimum atomic E-state index is -0.758. The number of rotatable bonds is 10. The molecule has 0 aromatic heterocycles. The second kappa shape index (κ2) is 12.8. The maximum absolute atomic E-state index is 13.4. The van der Waals surface area contributed by atoms with Crippen LogP contribution in [0.15, 0.2) is 60.7 Å². The third-order valence-electron chi connectivity index (χ3n) is 6.74. The predicted molar refractivity (Wildman–Crippen MR) is 150 cm³/mol. The Bertz CT molecular complexity index is 1140. The summed E-state index contributed by atoms with van der Waals surface area (Å²) in [6.07, 6.45) is 0.904. The normalized spacial score (nSPS) is 18.9. The lowest BCUT2D eigenvalue weighted by Crippen LogP contribution is -2.49. The molecule has 1 unspecified atom stereocenters. The van der Waals surface area contributed by atoms with E-state index in [9.17, 15) is 19.2 Å². The molecule has 202 valence electrons. The highest BCUT2D eigenvalue weighted by Crippen LogP contribution is 2.51. The Kier molecular flexibility index (Phi) is 9.51. The zero-order valence-corrected chi connectivity index (χ0v) is 23.3. The lowest BCUT2D eigenvalue weighted by molar-refractivity contribution is -0.151. The fourth-order valence-electron chi connectivity index (χ4n) is 4.83. The number of likely N-dealkylation sites (tertiary alicyclic amines) is 1. The van der Waals surface area contributed by atoms with Gasteiger partial charge in [0.05, 0.1) is 30.3 Å². The maximum Gasteiger partial charge on any atom is 0.328 e. The zero-order valence-electron chi connectivity index (χ0n) is 21.6. The summed E-state index contributed by atoms with van der Waals surface area (Å²) in [5, 5.41) is 2.88. The van der Waals surface area contributed by atoms with E-state index in [1.54, 1.807) is 64.6 Å². The van der Waals surface area contributed by atoms with E-state index in [1.807, 2.05) is 36.4 Å². The van der Waals surface area contributed by atoms with Crippen molar-refractivity contribution >= 4 is 47.1 Å². The van der Waals surface area contributed by atoms with Crippen molar-refractivity contribution in [2.45, 2.75) is 29.0 Å². The van der Waals surface area contributed by atoms with E-state index < -0.39 is 18.1 Å². The molecule has 2 amide bonds. The Morgan fingerprint density at radius 1 is 1.03 bits per heavy atom. The standard InChI is InChI=1S/C28H33N3O5S2/c1-30(18-25(33)31-19-28(37-13-14-38-28)16-23(31)27(35)36-2)17-24(32)22(15-20-9-5-3-6-10-20)29-26(34)21-11-7-4-8-12-21/h3-12,22-23H,13-19H2,1-2H3,(H,29,34)/t22?,23-/m0/s1. The van der Waals surface area contributed by atoms with E-state index in [4.69, 9.17) is 4.74 Å². The van der Waals surface area contributed by atoms with E-state index in [2.05, 4.69) is 5.32 Å². The van der Waals surface area contributed by atoms with Crippen LogP contribution in [0.4, 0.5) is 0 Å². The number of ether oxygens (including phenoxy) is 1. The van der Waals surface area contributed by atoms with Crippen LogP contribution in [-0.2, 0) is 25.5 Å². The summed E-state index contributed by atoms with van der Waals surface area (Å²) in [5.74, 6) is 0.840. The van der Waals surface area contributed by atoms with Crippen LogP contribution in [-0.4, -0.2) is 94.8 Å². The molecule has 2 aliphatic rings. The van der Waals surface area contributed by atoms with Gasteiger partial charge in [-0.2, -0.15) is 0 Å². The van der Waals surface area contributed by atoms with Crippen LogP contribution in [0, 0.1) is 0 Å². The third-order valence-corrected chi connectivity index (χ3v) is 10.2. The first-order valence-corrected chi connectivity index (χ1v) is 14.5.